The molecule has 1 atom stereocenters. The first-order chi connectivity index (χ1) is 10.8. The van der Waals surface area contributed by atoms with Gasteiger partial charge in [0, 0.05) is 36.4 Å². The highest BCUT2D eigenvalue weighted by molar-refractivity contribution is 5.92. The van der Waals surface area contributed by atoms with Crippen LogP contribution < -0.4 is 5.32 Å². The van der Waals surface area contributed by atoms with Crippen molar-refractivity contribution in [1.82, 2.24) is 9.88 Å². The van der Waals surface area contributed by atoms with Crippen LogP contribution in [0.25, 0.3) is 10.9 Å². The number of alkyl halides is 3. The fraction of sp³-hybridized carbons (Fsp3) is 0.333. The minimum atomic E-state index is -4.47. The molecule has 2 aromatic rings. The van der Waals surface area contributed by atoms with E-state index < -0.39 is 17.8 Å². The van der Waals surface area contributed by atoms with Gasteiger partial charge in [0.15, 0.2) is 0 Å². The highest BCUT2D eigenvalue weighted by atomic mass is 19.4. The van der Waals surface area contributed by atoms with Crippen LogP contribution in [0.2, 0.25) is 0 Å². The van der Waals surface area contributed by atoms with Crippen molar-refractivity contribution in [2.75, 3.05) is 18.4 Å². The van der Waals surface area contributed by atoms with E-state index in [1.54, 1.807) is 12.1 Å². The van der Waals surface area contributed by atoms with Crippen LogP contribution in [0.15, 0.2) is 30.5 Å². The first-order valence-corrected chi connectivity index (χ1v) is 7.05. The Bertz CT molecular complexity index is 748. The molecule has 1 aromatic carbocycles. The van der Waals surface area contributed by atoms with E-state index in [-0.39, 0.29) is 18.1 Å². The smallest absolute Gasteiger partial charge is 0.416 e. The third-order valence-corrected chi connectivity index (χ3v) is 3.87. The molecule has 23 heavy (non-hydrogen) atoms. The fourth-order valence-electron chi connectivity index (χ4n) is 2.74. The topological polar surface area (TPSA) is 65.5 Å². The number of halogens is 3. The summed E-state index contributed by atoms with van der Waals surface area (Å²) in [7, 11) is 0. The van der Waals surface area contributed by atoms with Crippen molar-refractivity contribution in [1.29, 1.82) is 0 Å². The van der Waals surface area contributed by atoms with Gasteiger partial charge in [0.1, 0.15) is 0 Å². The summed E-state index contributed by atoms with van der Waals surface area (Å²) < 4.78 is 39.1. The summed E-state index contributed by atoms with van der Waals surface area (Å²) in [5, 5.41) is 12.6. The normalized spacial score (nSPS) is 18.4. The molecule has 122 valence electrons. The second kappa shape index (κ2) is 5.60. The molecule has 0 aliphatic carbocycles. The largest absolute Gasteiger partial charge is 0.465 e. The maximum Gasteiger partial charge on any atom is 0.416 e. The number of anilines is 1. The molecule has 1 saturated heterocycles. The highest BCUT2D eigenvalue weighted by Crippen LogP contribution is 2.35. The summed E-state index contributed by atoms with van der Waals surface area (Å²) in [6.45, 7) is 0.607. The number of benzene rings is 1. The number of nitrogens with zero attached hydrogens (tertiary/aromatic N) is 2. The molecule has 8 heteroatoms. The minimum absolute atomic E-state index is 0.224. The van der Waals surface area contributed by atoms with Crippen LogP contribution >= 0.6 is 0 Å². The maximum absolute atomic E-state index is 13.0. The lowest BCUT2D eigenvalue weighted by molar-refractivity contribution is -0.137. The number of hydrogen-bond donors (Lipinski definition) is 2. The zero-order valence-electron chi connectivity index (χ0n) is 12.0. The third-order valence-electron chi connectivity index (χ3n) is 3.87. The molecule has 1 fully saturated rings. The van der Waals surface area contributed by atoms with Crippen LogP contribution in [-0.4, -0.2) is 40.2 Å². The Morgan fingerprint density at radius 2 is 2.17 bits per heavy atom. The number of pyridine rings is 1. The third kappa shape index (κ3) is 3.15. The van der Waals surface area contributed by atoms with Gasteiger partial charge in [-0.3, -0.25) is 4.98 Å². The SMILES string of the molecule is O=C(O)N1CC[C@H](Nc2cc(C(F)(F)F)cc3ncccc23)C1. The molecule has 2 N–H and O–H groups in total. The number of fused-ring (bicyclic) bond motifs is 1. The number of carbonyl (C=O) groups is 1. The summed E-state index contributed by atoms with van der Waals surface area (Å²) >= 11 is 0. The zero-order valence-corrected chi connectivity index (χ0v) is 12.0. The van der Waals surface area contributed by atoms with Gasteiger partial charge >= 0.3 is 12.3 Å². The van der Waals surface area contributed by atoms with Crippen molar-refractivity contribution in [3.8, 4) is 0 Å². The van der Waals surface area contributed by atoms with Crippen LogP contribution in [0, 0.1) is 0 Å². The second-order valence-electron chi connectivity index (χ2n) is 5.45. The van der Waals surface area contributed by atoms with Gasteiger partial charge in [-0.2, -0.15) is 13.2 Å². The van der Waals surface area contributed by atoms with Gasteiger partial charge in [0.05, 0.1) is 11.1 Å². The van der Waals surface area contributed by atoms with Gasteiger partial charge in [0.2, 0.25) is 0 Å². The van der Waals surface area contributed by atoms with Crippen LogP contribution in [0.1, 0.15) is 12.0 Å². The van der Waals surface area contributed by atoms with E-state index in [1.807, 2.05) is 0 Å². The number of nitrogens with one attached hydrogen (secondary N) is 1. The molecule has 1 aliphatic heterocycles. The van der Waals surface area contributed by atoms with Gasteiger partial charge in [-0.1, -0.05) is 0 Å². The molecule has 0 spiro atoms. The molecule has 1 aromatic heterocycles. The molecule has 2 heterocycles. The number of aromatic nitrogens is 1. The minimum Gasteiger partial charge on any atom is -0.465 e. The van der Waals surface area contributed by atoms with E-state index >= 15 is 0 Å². The molecular formula is C15H14F3N3O2. The van der Waals surface area contributed by atoms with E-state index in [2.05, 4.69) is 10.3 Å². The van der Waals surface area contributed by atoms with Crippen LogP contribution in [0.5, 0.6) is 0 Å². The Balaban J connectivity index is 1.95. The molecule has 5 nitrogen and oxygen atoms in total. The number of carboxylic acid groups (broad SMARTS) is 1. The lowest BCUT2D eigenvalue weighted by atomic mass is 10.1. The van der Waals surface area contributed by atoms with Crippen molar-refractivity contribution in [2.24, 2.45) is 0 Å². The summed E-state index contributed by atoms with van der Waals surface area (Å²) in [5.74, 6) is 0. The van der Waals surface area contributed by atoms with Crippen LogP contribution in [-0.2, 0) is 6.18 Å². The molecular weight excluding hydrogens is 311 g/mol. The number of hydrogen-bond acceptors (Lipinski definition) is 3. The molecule has 0 saturated carbocycles. The monoisotopic (exact) mass is 325 g/mol. The Morgan fingerprint density at radius 3 is 2.83 bits per heavy atom. The van der Waals surface area contributed by atoms with Crippen molar-refractivity contribution < 1.29 is 23.1 Å². The van der Waals surface area contributed by atoms with Crippen molar-refractivity contribution in [3.05, 3.63) is 36.0 Å². The Hall–Kier alpha value is -2.51. The predicted molar refractivity (Wildman–Crippen MR) is 78.4 cm³/mol. The van der Waals surface area contributed by atoms with Crippen LogP contribution in [0.4, 0.5) is 23.7 Å². The molecule has 1 aliphatic rings. The summed E-state index contributed by atoms with van der Waals surface area (Å²) in [5.41, 5.74) is -0.211. The van der Waals surface area contributed by atoms with Crippen molar-refractivity contribution in [3.63, 3.8) is 0 Å². The molecule has 1 amide bonds. The average Bonchev–Trinajstić information content (AvgIpc) is 2.95. The van der Waals surface area contributed by atoms with E-state index in [4.69, 9.17) is 5.11 Å². The maximum atomic E-state index is 13.0. The average molecular weight is 325 g/mol. The Labute approximate surface area is 129 Å². The van der Waals surface area contributed by atoms with Gasteiger partial charge < -0.3 is 15.3 Å². The molecule has 0 unspecified atom stereocenters. The quantitative estimate of drug-likeness (QED) is 0.888. The molecule has 0 radical (unpaired) electrons. The Kier molecular flexibility index (Phi) is 3.75. The fourth-order valence-corrected chi connectivity index (χ4v) is 2.74. The first-order valence-electron chi connectivity index (χ1n) is 7.05. The Morgan fingerprint density at radius 1 is 1.39 bits per heavy atom. The van der Waals surface area contributed by atoms with E-state index in [0.29, 0.717) is 24.0 Å². The van der Waals surface area contributed by atoms with Gasteiger partial charge in [-0.15, -0.1) is 0 Å². The summed E-state index contributed by atoms with van der Waals surface area (Å²) in [6, 6.07) is 5.18. The first kappa shape index (κ1) is 15.4. The molecule has 0 bridgehead atoms. The van der Waals surface area contributed by atoms with Gasteiger partial charge in [-0.05, 0) is 30.7 Å². The second-order valence-corrected chi connectivity index (χ2v) is 5.45. The highest BCUT2D eigenvalue weighted by Gasteiger charge is 2.32. The van der Waals surface area contributed by atoms with E-state index in [1.165, 1.54) is 11.1 Å². The number of likely N-dealkylation sites (tertiary alicyclic amines) is 1. The van der Waals surface area contributed by atoms with Crippen molar-refractivity contribution >= 4 is 22.7 Å². The lowest BCUT2D eigenvalue weighted by Crippen LogP contribution is -2.30. The lowest BCUT2D eigenvalue weighted by Gasteiger charge is -2.18. The van der Waals surface area contributed by atoms with Gasteiger partial charge in [-0.25, -0.2) is 4.79 Å². The number of rotatable bonds is 2. The molecule has 3 rings (SSSR count). The standard InChI is InChI=1S/C15H14F3N3O2/c16-15(17,18)9-6-12-11(2-1-4-19-12)13(7-9)20-10-3-5-21(8-10)14(22)23/h1-2,4,6-7,10,20H,3,5,8H2,(H,22,23)/t10-/m0/s1. The van der Waals surface area contributed by atoms with Gasteiger partial charge in [0.25, 0.3) is 0 Å². The van der Waals surface area contributed by atoms with E-state index in [0.717, 1.165) is 12.1 Å². The summed E-state index contributed by atoms with van der Waals surface area (Å²) in [4.78, 5) is 16.2. The van der Waals surface area contributed by atoms with Crippen LogP contribution in [0.3, 0.4) is 0 Å². The van der Waals surface area contributed by atoms with Crippen molar-refractivity contribution in [2.45, 2.75) is 18.6 Å². The predicted octanol–water partition coefficient (Wildman–Crippen LogP) is 3.42. The zero-order chi connectivity index (χ0) is 16.6. The summed E-state index contributed by atoms with van der Waals surface area (Å²) in [6.07, 6.45) is -3.51. The van der Waals surface area contributed by atoms with E-state index in [9.17, 15) is 18.0 Å². The number of amides is 1.